The third kappa shape index (κ3) is 8.68. The number of thiol groups is 1. The predicted molar refractivity (Wildman–Crippen MR) is 150 cm³/mol. The molecule has 0 saturated carbocycles. The van der Waals surface area contributed by atoms with Crippen molar-refractivity contribution in [3.05, 3.63) is 36.0 Å². The third-order valence-electron chi connectivity index (χ3n) is 6.29. The Kier molecular flexibility index (Phi) is 12.3. The lowest BCUT2D eigenvalue weighted by molar-refractivity contribution is -0.143. The molecule has 0 saturated heterocycles. The van der Waals surface area contributed by atoms with Crippen molar-refractivity contribution in [1.29, 1.82) is 0 Å². The molecule has 1 aromatic heterocycles. The minimum atomic E-state index is -1.15. The highest BCUT2D eigenvalue weighted by Gasteiger charge is 2.32. The van der Waals surface area contributed by atoms with Gasteiger partial charge in [-0.3, -0.25) is 14.4 Å². The minimum absolute atomic E-state index is 0.0150. The van der Waals surface area contributed by atoms with Gasteiger partial charge in [0.1, 0.15) is 18.1 Å². The molecule has 204 valence electrons. The van der Waals surface area contributed by atoms with Crippen LogP contribution in [-0.4, -0.2) is 75.7 Å². The second-order valence-electron chi connectivity index (χ2n) is 8.97. The molecule has 0 aliphatic rings. The molecular weight excluding hydrogens is 514 g/mol. The number of hydrogen-bond donors (Lipinski definition) is 7. The summed E-state index contributed by atoms with van der Waals surface area (Å²) < 4.78 is 0. The van der Waals surface area contributed by atoms with Crippen molar-refractivity contribution in [2.45, 2.75) is 57.3 Å². The number of H-pyrrole nitrogens is 1. The van der Waals surface area contributed by atoms with E-state index in [0.29, 0.717) is 18.6 Å². The maximum atomic E-state index is 13.3. The van der Waals surface area contributed by atoms with Crippen LogP contribution in [-0.2, 0) is 25.6 Å². The number of thioether (sulfide) groups is 1. The normalized spacial score (nSPS) is 15.3. The number of benzene rings is 1. The summed E-state index contributed by atoms with van der Waals surface area (Å²) in [6.07, 6.45) is 4.76. The Morgan fingerprint density at radius 1 is 1.08 bits per heavy atom. The van der Waals surface area contributed by atoms with Crippen LogP contribution < -0.4 is 21.7 Å². The van der Waals surface area contributed by atoms with E-state index in [1.165, 1.54) is 0 Å². The molecular formula is C25H37N5O5S2. The van der Waals surface area contributed by atoms with E-state index in [4.69, 9.17) is 5.73 Å². The average molecular weight is 552 g/mol. The lowest BCUT2D eigenvalue weighted by Crippen LogP contribution is -2.58. The van der Waals surface area contributed by atoms with Crippen molar-refractivity contribution in [3.63, 3.8) is 0 Å². The average Bonchev–Trinajstić information content (AvgIpc) is 3.30. The number of rotatable bonds is 15. The minimum Gasteiger partial charge on any atom is -0.480 e. The van der Waals surface area contributed by atoms with Gasteiger partial charge in [0.2, 0.25) is 17.7 Å². The zero-order valence-electron chi connectivity index (χ0n) is 21.3. The summed E-state index contributed by atoms with van der Waals surface area (Å²) in [6.45, 7) is 3.57. The monoisotopic (exact) mass is 551 g/mol. The summed E-state index contributed by atoms with van der Waals surface area (Å²) in [4.78, 5) is 53.9. The summed E-state index contributed by atoms with van der Waals surface area (Å²) in [5.41, 5.74) is 7.56. The number of carbonyl (C=O) groups excluding carboxylic acids is 3. The largest absolute Gasteiger partial charge is 0.480 e. The van der Waals surface area contributed by atoms with Gasteiger partial charge in [-0.25, -0.2) is 4.79 Å². The van der Waals surface area contributed by atoms with E-state index in [2.05, 4.69) is 33.6 Å². The molecule has 0 aliphatic carbocycles. The first-order valence-electron chi connectivity index (χ1n) is 12.2. The first-order chi connectivity index (χ1) is 17.6. The number of nitrogens with one attached hydrogen (secondary N) is 4. The second-order valence-corrected chi connectivity index (χ2v) is 10.3. The smallest absolute Gasteiger partial charge is 0.326 e. The topological polar surface area (TPSA) is 166 Å². The molecule has 12 heteroatoms. The Labute approximate surface area is 226 Å². The number of amides is 3. The molecule has 1 aromatic carbocycles. The molecule has 5 unspecified atom stereocenters. The Morgan fingerprint density at radius 3 is 2.35 bits per heavy atom. The summed E-state index contributed by atoms with van der Waals surface area (Å²) in [5, 5.41) is 18.4. The van der Waals surface area contributed by atoms with E-state index >= 15 is 0 Å². The predicted octanol–water partition coefficient (Wildman–Crippen LogP) is 1.31. The number of hydrogen-bond acceptors (Lipinski definition) is 7. The van der Waals surface area contributed by atoms with E-state index in [9.17, 15) is 24.3 Å². The fraction of sp³-hybridized carbons (Fsp3) is 0.520. The highest BCUT2D eigenvalue weighted by atomic mass is 32.2. The quantitative estimate of drug-likeness (QED) is 0.164. The first kappa shape index (κ1) is 30.5. The van der Waals surface area contributed by atoms with Gasteiger partial charge in [0, 0.05) is 29.3 Å². The van der Waals surface area contributed by atoms with Crippen LogP contribution in [0.15, 0.2) is 30.5 Å². The Hall–Kier alpha value is -2.70. The van der Waals surface area contributed by atoms with Crippen LogP contribution in [0.4, 0.5) is 0 Å². The molecule has 2 rings (SSSR count). The van der Waals surface area contributed by atoms with E-state index in [1.54, 1.807) is 24.9 Å². The van der Waals surface area contributed by atoms with Gasteiger partial charge in [0.15, 0.2) is 0 Å². The van der Waals surface area contributed by atoms with Gasteiger partial charge < -0.3 is 31.8 Å². The zero-order chi connectivity index (χ0) is 27.5. The van der Waals surface area contributed by atoms with Crippen LogP contribution in [0.1, 0.15) is 32.3 Å². The zero-order valence-corrected chi connectivity index (χ0v) is 23.0. The number of aliphatic carboxylic acids is 1. The van der Waals surface area contributed by atoms with Crippen LogP contribution in [0.2, 0.25) is 0 Å². The van der Waals surface area contributed by atoms with Crippen molar-refractivity contribution < 1.29 is 24.3 Å². The molecule has 0 aliphatic heterocycles. The molecule has 0 bridgehead atoms. The Balaban J connectivity index is 2.25. The van der Waals surface area contributed by atoms with Crippen LogP contribution in [0.25, 0.3) is 10.9 Å². The highest BCUT2D eigenvalue weighted by Crippen LogP contribution is 2.19. The summed E-state index contributed by atoms with van der Waals surface area (Å²) >= 11 is 5.76. The van der Waals surface area contributed by atoms with Crippen LogP contribution >= 0.6 is 24.4 Å². The van der Waals surface area contributed by atoms with Crippen molar-refractivity contribution in [1.82, 2.24) is 20.9 Å². The number of para-hydroxylation sites is 1. The van der Waals surface area contributed by atoms with E-state index in [1.807, 2.05) is 37.4 Å². The van der Waals surface area contributed by atoms with Crippen molar-refractivity contribution in [2.24, 2.45) is 11.7 Å². The standard InChI is InChI=1S/C25H37N5O5S2/c1-4-14(2)21(25(34)35)30-23(32)19(11-15-12-27-18-8-6-5-7-16(15)18)28-24(33)20(13-36)29-22(31)17(26)9-10-37-3/h5-8,12,14,17,19-21,27,36H,4,9-11,13,26H2,1-3H3,(H,28,33)(H,29,31)(H,30,32)(H,34,35). The summed E-state index contributed by atoms with van der Waals surface area (Å²) in [6, 6.07) is 3.51. The molecule has 5 atom stereocenters. The van der Waals surface area contributed by atoms with Gasteiger partial charge in [0.25, 0.3) is 0 Å². The Bertz CT molecular complexity index is 1080. The molecule has 1 heterocycles. The van der Waals surface area contributed by atoms with E-state index < -0.39 is 47.9 Å². The van der Waals surface area contributed by atoms with Crippen LogP contribution in [0.3, 0.4) is 0 Å². The van der Waals surface area contributed by atoms with Gasteiger partial charge >= 0.3 is 5.97 Å². The number of aromatic amines is 1. The van der Waals surface area contributed by atoms with Gasteiger partial charge in [-0.1, -0.05) is 38.5 Å². The maximum Gasteiger partial charge on any atom is 0.326 e. The fourth-order valence-corrected chi connectivity index (χ4v) is 4.53. The van der Waals surface area contributed by atoms with E-state index in [0.717, 1.165) is 16.5 Å². The second kappa shape index (κ2) is 14.9. The molecule has 7 N–H and O–H groups in total. The van der Waals surface area contributed by atoms with Crippen molar-refractivity contribution >= 4 is 59.0 Å². The molecule has 3 amide bonds. The number of carbonyl (C=O) groups is 4. The van der Waals surface area contributed by atoms with Gasteiger partial charge in [-0.05, 0) is 36.0 Å². The Morgan fingerprint density at radius 2 is 1.73 bits per heavy atom. The summed E-state index contributed by atoms with van der Waals surface area (Å²) in [7, 11) is 0. The third-order valence-corrected chi connectivity index (χ3v) is 7.30. The van der Waals surface area contributed by atoms with Crippen molar-refractivity contribution in [3.8, 4) is 0 Å². The SMILES string of the molecule is CCC(C)C(NC(=O)C(Cc1c[nH]c2ccccc12)NC(=O)C(CS)NC(=O)C(N)CCSC)C(=O)O. The van der Waals surface area contributed by atoms with E-state index in [-0.39, 0.29) is 18.1 Å². The number of nitrogens with two attached hydrogens (primary N) is 1. The fourth-order valence-electron chi connectivity index (χ4n) is 3.79. The highest BCUT2D eigenvalue weighted by molar-refractivity contribution is 7.98. The molecule has 0 spiro atoms. The van der Waals surface area contributed by atoms with Crippen LogP contribution in [0.5, 0.6) is 0 Å². The number of aromatic nitrogens is 1. The maximum absolute atomic E-state index is 13.3. The van der Waals surface area contributed by atoms with Gasteiger partial charge in [-0.2, -0.15) is 24.4 Å². The molecule has 2 aromatic rings. The number of carboxylic acids is 1. The molecule has 37 heavy (non-hydrogen) atoms. The summed E-state index contributed by atoms with van der Waals surface area (Å²) in [5.74, 6) is -2.52. The lowest BCUT2D eigenvalue weighted by Gasteiger charge is -2.26. The molecule has 0 radical (unpaired) electrons. The number of fused-ring (bicyclic) bond motifs is 1. The molecule has 10 nitrogen and oxygen atoms in total. The van der Waals surface area contributed by atoms with Gasteiger partial charge in [0.05, 0.1) is 6.04 Å². The number of carboxylic acid groups (broad SMARTS) is 1. The molecule has 0 fully saturated rings. The first-order valence-corrected chi connectivity index (χ1v) is 14.2. The lowest BCUT2D eigenvalue weighted by atomic mass is 9.98. The van der Waals surface area contributed by atoms with Crippen LogP contribution in [0, 0.1) is 5.92 Å². The van der Waals surface area contributed by atoms with Crippen molar-refractivity contribution in [2.75, 3.05) is 17.8 Å². The van der Waals surface area contributed by atoms with Gasteiger partial charge in [-0.15, -0.1) is 0 Å².